The van der Waals surface area contributed by atoms with Gasteiger partial charge in [-0.05, 0) is 23.3 Å². The van der Waals surface area contributed by atoms with Crippen LogP contribution in [-0.2, 0) is 31.0 Å². The summed E-state index contributed by atoms with van der Waals surface area (Å²) in [6.45, 7) is -0.929. The average molecular weight is 573 g/mol. The minimum atomic E-state index is -4.99. The summed E-state index contributed by atoms with van der Waals surface area (Å²) in [5.41, 5.74) is -5.38. The summed E-state index contributed by atoms with van der Waals surface area (Å²) in [7, 11) is -4.56. The Bertz CT molecular complexity index is 1340. The van der Waals surface area contributed by atoms with E-state index in [1.54, 1.807) is 0 Å². The van der Waals surface area contributed by atoms with Crippen molar-refractivity contribution in [2.75, 3.05) is 18.8 Å². The van der Waals surface area contributed by atoms with Crippen LogP contribution < -0.4 is 0 Å². The molecule has 15 heteroatoms. The molecule has 2 aliphatic rings. The van der Waals surface area contributed by atoms with Gasteiger partial charge in [0, 0.05) is 12.0 Å². The molecule has 0 aromatic heterocycles. The first-order valence-corrected chi connectivity index (χ1v) is 12.4. The van der Waals surface area contributed by atoms with Crippen LogP contribution in [0.5, 0.6) is 0 Å². The fourth-order valence-electron chi connectivity index (χ4n) is 3.97. The van der Waals surface area contributed by atoms with Crippen LogP contribution >= 0.6 is 23.2 Å². The monoisotopic (exact) mass is 572 g/mol. The molecule has 1 unspecified atom stereocenters. The predicted molar refractivity (Wildman–Crippen MR) is 119 cm³/mol. The minimum absolute atomic E-state index is 0.0980. The number of nitrogens with zero attached hydrogens (tertiary/aromatic N) is 2. The van der Waals surface area contributed by atoms with Crippen molar-refractivity contribution in [3.05, 3.63) is 69.0 Å². The van der Waals surface area contributed by atoms with E-state index in [0.29, 0.717) is 0 Å². The van der Waals surface area contributed by atoms with E-state index in [2.05, 4.69) is 5.16 Å². The summed E-state index contributed by atoms with van der Waals surface area (Å²) >= 11 is 11.4. The van der Waals surface area contributed by atoms with Crippen molar-refractivity contribution in [1.82, 2.24) is 4.90 Å². The van der Waals surface area contributed by atoms with E-state index in [1.165, 1.54) is 24.3 Å². The normalized spacial score (nSPS) is 21.6. The van der Waals surface area contributed by atoms with Crippen molar-refractivity contribution in [3.8, 4) is 0 Å². The Labute approximate surface area is 211 Å². The average Bonchev–Trinajstić information content (AvgIpc) is 3.21. The second kappa shape index (κ2) is 8.82. The first-order chi connectivity index (χ1) is 16.5. The third kappa shape index (κ3) is 4.76. The molecule has 36 heavy (non-hydrogen) atoms. The van der Waals surface area contributed by atoms with Gasteiger partial charge in [0.1, 0.15) is 0 Å². The number of likely N-dealkylation sites (tertiary alicyclic amines) is 1. The maximum absolute atomic E-state index is 15.1. The molecule has 0 bridgehead atoms. The zero-order chi connectivity index (χ0) is 26.7. The minimum Gasteiger partial charge on any atom is -0.374 e. The first-order valence-electron chi connectivity index (χ1n) is 10.0. The van der Waals surface area contributed by atoms with Gasteiger partial charge in [-0.1, -0.05) is 52.6 Å². The third-order valence-electron chi connectivity index (χ3n) is 5.91. The van der Waals surface area contributed by atoms with Gasteiger partial charge in [-0.3, -0.25) is 9.35 Å². The summed E-state index contributed by atoms with van der Waals surface area (Å²) in [4.78, 5) is 17.5. The lowest BCUT2D eigenvalue weighted by Crippen LogP contribution is -2.59. The zero-order valence-corrected chi connectivity index (χ0v) is 20.1. The van der Waals surface area contributed by atoms with Gasteiger partial charge in [0.2, 0.25) is 5.91 Å². The molecule has 4 rings (SSSR count). The molecule has 0 spiro atoms. The highest BCUT2D eigenvalue weighted by Crippen LogP contribution is 2.50. The number of halogens is 7. The number of amides is 1. The number of alkyl halides is 4. The zero-order valence-electron chi connectivity index (χ0n) is 17.8. The molecule has 0 saturated carbocycles. The molecule has 1 N–H and O–H groups in total. The lowest BCUT2D eigenvalue weighted by Gasteiger charge is -2.44. The van der Waals surface area contributed by atoms with Crippen LogP contribution in [0.3, 0.4) is 0 Å². The van der Waals surface area contributed by atoms with Gasteiger partial charge in [0.25, 0.3) is 15.7 Å². The van der Waals surface area contributed by atoms with E-state index < -0.39 is 80.2 Å². The number of carbonyl (C=O) groups excluding carboxylic acids is 1. The van der Waals surface area contributed by atoms with E-state index in [9.17, 15) is 30.8 Å². The highest BCUT2D eigenvalue weighted by Gasteiger charge is 2.62. The summed E-state index contributed by atoms with van der Waals surface area (Å²) in [6, 6.07) is 6.74. The molecular weight excluding hydrogens is 558 g/mol. The van der Waals surface area contributed by atoms with Crippen LogP contribution in [0, 0.1) is 5.82 Å². The molecule has 2 heterocycles. The lowest BCUT2D eigenvalue weighted by atomic mass is 9.85. The van der Waals surface area contributed by atoms with Crippen LogP contribution in [0.15, 0.2) is 41.6 Å². The Kier molecular flexibility index (Phi) is 6.51. The second-order valence-corrected chi connectivity index (χ2v) is 10.7. The van der Waals surface area contributed by atoms with Gasteiger partial charge < -0.3 is 9.74 Å². The standard InChI is InChI=1S/C21H15Cl2F5N2O5S/c22-14-5-13(6-15(23)18(14)24)20(21(26,27)28)7-16(29-35-20)11-1-3-12(4-2-11)19(25)9-30(10-19)17(31)8-36(32,33)34/h1-6H,7-10H2,(H,32,33,34). The van der Waals surface area contributed by atoms with Crippen LogP contribution in [0.1, 0.15) is 23.1 Å². The quantitative estimate of drug-likeness (QED) is 0.320. The molecule has 2 aliphatic heterocycles. The number of hydrogen-bond donors (Lipinski definition) is 1. The molecule has 1 fully saturated rings. The maximum atomic E-state index is 15.1. The van der Waals surface area contributed by atoms with Crippen molar-refractivity contribution < 1.29 is 44.6 Å². The van der Waals surface area contributed by atoms with E-state index in [1.807, 2.05) is 0 Å². The highest BCUT2D eigenvalue weighted by atomic mass is 35.5. The molecule has 0 radical (unpaired) electrons. The Balaban J connectivity index is 1.52. The Morgan fingerprint density at radius 2 is 1.67 bits per heavy atom. The third-order valence-corrected chi connectivity index (χ3v) is 7.07. The SMILES string of the molecule is O=C(CS(=O)(=O)O)N1CC(F)(c2ccc(C3=NOC(c4cc(Cl)c(F)c(Cl)c4)(C(F)(F)F)C3)cc2)C1. The molecule has 1 amide bonds. The predicted octanol–water partition coefficient (Wildman–Crippen LogP) is 4.61. The van der Waals surface area contributed by atoms with Crippen molar-refractivity contribution >= 4 is 44.9 Å². The fourth-order valence-corrected chi connectivity index (χ4v) is 4.96. The number of hydrogen-bond acceptors (Lipinski definition) is 5. The van der Waals surface area contributed by atoms with Gasteiger partial charge in [-0.2, -0.15) is 21.6 Å². The number of benzene rings is 2. The molecule has 2 aromatic rings. The van der Waals surface area contributed by atoms with Crippen LogP contribution in [-0.4, -0.2) is 54.5 Å². The van der Waals surface area contributed by atoms with E-state index in [0.717, 1.165) is 17.0 Å². The van der Waals surface area contributed by atoms with Crippen LogP contribution in [0.25, 0.3) is 0 Å². The smallest absolute Gasteiger partial charge is 0.374 e. The second-order valence-electron chi connectivity index (χ2n) is 8.40. The summed E-state index contributed by atoms with van der Waals surface area (Å²) < 4.78 is 102. The lowest BCUT2D eigenvalue weighted by molar-refractivity contribution is -0.275. The van der Waals surface area contributed by atoms with E-state index >= 15 is 4.39 Å². The Morgan fingerprint density at radius 3 is 2.17 bits per heavy atom. The van der Waals surface area contributed by atoms with Crippen molar-refractivity contribution in [1.29, 1.82) is 0 Å². The molecule has 194 valence electrons. The van der Waals surface area contributed by atoms with Gasteiger partial charge in [0.15, 0.2) is 17.2 Å². The van der Waals surface area contributed by atoms with Gasteiger partial charge >= 0.3 is 6.18 Å². The number of rotatable bonds is 5. The van der Waals surface area contributed by atoms with Gasteiger partial charge in [-0.15, -0.1) is 0 Å². The number of carbonyl (C=O) groups is 1. The van der Waals surface area contributed by atoms with Gasteiger partial charge in [0.05, 0.1) is 28.8 Å². The van der Waals surface area contributed by atoms with E-state index in [4.69, 9.17) is 32.6 Å². The van der Waals surface area contributed by atoms with Crippen molar-refractivity contribution in [3.63, 3.8) is 0 Å². The number of oxime groups is 1. The molecule has 7 nitrogen and oxygen atoms in total. The van der Waals surface area contributed by atoms with Crippen molar-refractivity contribution in [2.45, 2.75) is 23.9 Å². The molecule has 2 aromatic carbocycles. The largest absolute Gasteiger partial charge is 0.435 e. The topological polar surface area (TPSA) is 96.3 Å². The van der Waals surface area contributed by atoms with Crippen LogP contribution in [0.4, 0.5) is 22.0 Å². The maximum Gasteiger partial charge on any atom is 0.435 e. The summed E-state index contributed by atoms with van der Waals surface area (Å²) in [5, 5.41) is 2.32. The Hall–Kier alpha value is -2.48. The fraction of sp³-hybridized carbons (Fsp3) is 0.333. The van der Waals surface area contributed by atoms with Crippen molar-refractivity contribution in [2.24, 2.45) is 5.16 Å². The molecular formula is C21H15Cl2F5N2O5S. The summed E-state index contributed by atoms with van der Waals surface area (Å²) in [6.07, 6.45) is -5.79. The molecule has 1 atom stereocenters. The summed E-state index contributed by atoms with van der Waals surface area (Å²) in [5.74, 6) is -3.22. The first kappa shape index (κ1) is 26.6. The Morgan fingerprint density at radius 1 is 1.11 bits per heavy atom. The van der Waals surface area contributed by atoms with E-state index in [-0.39, 0.29) is 16.8 Å². The van der Waals surface area contributed by atoms with Crippen LogP contribution in [0.2, 0.25) is 10.0 Å². The van der Waals surface area contributed by atoms with Gasteiger partial charge in [-0.25, -0.2) is 8.78 Å². The highest BCUT2D eigenvalue weighted by molar-refractivity contribution is 7.86. The molecule has 0 aliphatic carbocycles. The molecule has 1 saturated heterocycles.